The third-order valence-corrected chi connectivity index (χ3v) is 10.2. The van der Waals surface area contributed by atoms with Crippen LogP contribution in [-0.4, -0.2) is 50.7 Å². The normalized spacial score (nSPS) is 28.0. The van der Waals surface area contributed by atoms with Crippen LogP contribution in [0.2, 0.25) is 0 Å². The predicted octanol–water partition coefficient (Wildman–Crippen LogP) is 8.74. The molecule has 3 heterocycles. The first-order valence-electron chi connectivity index (χ1n) is 17.2. The first-order chi connectivity index (χ1) is 22.3. The summed E-state index contributed by atoms with van der Waals surface area (Å²) in [5.74, 6) is -1.58. The molecule has 1 aromatic rings. The average molecular weight is 663 g/mol. The van der Waals surface area contributed by atoms with Crippen molar-refractivity contribution in [3.8, 4) is 17.2 Å². The molecule has 0 saturated carbocycles. The highest BCUT2D eigenvalue weighted by molar-refractivity contribution is 6.06. The zero-order valence-corrected chi connectivity index (χ0v) is 30.4. The van der Waals surface area contributed by atoms with Gasteiger partial charge in [-0.25, -0.2) is 4.79 Å². The van der Waals surface area contributed by atoms with E-state index in [1.165, 1.54) is 18.6 Å². The maximum atomic E-state index is 14.5. The summed E-state index contributed by atoms with van der Waals surface area (Å²) in [5, 5.41) is 21.1. The largest absolute Gasteiger partial charge is 0.506 e. The quantitative estimate of drug-likeness (QED) is 0.189. The van der Waals surface area contributed by atoms with Gasteiger partial charge in [-0.2, -0.15) is 0 Å². The molecule has 3 aliphatic heterocycles. The van der Waals surface area contributed by atoms with Crippen LogP contribution in [0.3, 0.4) is 0 Å². The van der Waals surface area contributed by atoms with E-state index in [-0.39, 0.29) is 47.2 Å². The first kappa shape index (κ1) is 37.2. The van der Waals surface area contributed by atoms with Crippen molar-refractivity contribution >= 4 is 23.6 Å². The molecule has 5 atom stereocenters. The number of carboxylic acid groups (broad SMARTS) is 1. The van der Waals surface area contributed by atoms with E-state index in [1.807, 2.05) is 53.7 Å². The minimum Gasteiger partial charge on any atom is -0.506 e. The van der Waals surface area contributed by atoms with Crippen molar-refractivity contribution < 1.29 is 38.8 Å². The van der Waals surface area contributed by atoms with Gasteiger partial charge in [-0.05, 0) is 107 Å². The molecule has 262 valence electrons. The fourth-order valence-corrected chi connectivity index (χ4v) is 7.29. The number of aliphatic carboxylic acids is 1. The Labute approximate surface area is 285 Å². The lowest BCUT2D eigenvalue weighted by Gasteiger charge is -2.45. The molecular weight excluding hydrogens is 608 g/mol. The van der Waals surface area contributed by atoms with E-state index in [1.54, 1.807) is 6.92 Å². The Morgan fingerprint density at radius 1 is 1.00 bits per heavy atom. The molecule has 2 N–H and O–H groups in total. The average Bonchev–Trinajstić information content (AvgIpc) is 3.07. The fourth-order valence-electron chi connectivity index (χ4n) is 7.29. The molecule has 8 heteroatoms. The van der Waals surface area contributed by atoms with Crippen molar-refractivity contribution in [3.63, 3.8) is 0 Å². The number of hydrogen-bond acceptors (Lipinski definition) is 7. The zero-order chi connectivity index (χ0) is 35.8. The first-order valence-corrected chi connectivity index (χ1v) is 17.2. The molecule has 0 bridgehead atoms. The van der Waals surface area contributed by atoms with Crippen molar-refractivity contribution in [2.24, 2.45) is 11.8 Å². The molecule has 0 spiro atoms. The van der Waals surface area contributed by atoms with E-state index in [9.17, 15) is 24.6 Å². The Morgan fingerprint density at radius 3 is 2.27 bits per heavy atom. The van der Waals surface area contributed by atoms with Gasteiger partial charge < -0.3 is 24.4 Å². The Morgan fingerprint density at radius 2 is 1.67 bits per heavy atom. The van der Waals surface area contributed by atoms with E-state index in [4.69, 9.17) is 14.2 Å². The van der Waals surface area contributed by atoms with Gasteiger partial charge >= 0.3 is 5.97 Å². The monoisotopic (exact) mass is 662 g/mol. The number of carbonyl (C=O) groups is 3. The maximum Gasteiger partial charge on any atom is 0.330 e. The molecule has 8 nitrogen and oxygen atoms in total. The van der Waals surface area contributed by atoms with E-state index >= 15 is 0 Å². The molecule has 0 aromatic heterocycles. The molecule has 1 fully saturated rings. The number of carboxylic acids is 1. The van der Waals surface area contributed by atoms with Crippen molar-refractivity contribution in [1.29, 1.82) is 0 Å². The summed E-state index contributed by atoms with van der Waals surface area (Å²) in [7, 11) is 0. The molecule has 0 aliphatic carbocycles. The number of phenols is 1. The third kappa shape index (κ3) is 7.49. The van der Waals surface area contributed by atoms with Gasteiger partial charge in [0, 0.05) is 29.9 Å². The predicted molar refractivity (Wildman–Crippen MR) is 188 cm³/mol. The second-order valence-corrected chi connectivity index (χ2v) is 15.2. The van der Waals surface area contributed by atoms with Crippen LogP contribution in [0.5, 0.6) is 17.2 Å². The van der Waals surface area contributed by atoms with Gasteiger partial charge in [0.15, 0.2) is 11.6 Å². The number of ketones is 2. The Hall–Kier alpha value is -3.65. The number of benzene rings is 1. The molecule has 5 unspecified atom stereocenters. The van der Waals surface area contributed by atoms with Crippen LogP contribution >= 0.6 is 0 Å². The second kappa shape index (κ2) is 14.1. The molecule has 1 saturated heterocycles. The number of ether oxygens (including phenoxy) is 3. The lowest BCUT2D eigenvalue weighted by molar-refractivity contribution is -0.175. The van der Waals surface area contributed by atoms with Crippen LogP contribution in [0.1, 0.15) is 129 Å². The van der Waals surface area contributed by atoms with Crippen LogP contribution < -0.4 is 9.47 Å². The van der Waals surface area contributed by atoms with Gasteiger partial charge in [-0.15, -0.1) is 0 Å². The van der Waals surface area contributed by atoms with Gasteiger partial charge in [-0.3, -0.25) is 9.59 Å². The van der Waals surface area contributed by atoms with Crippen LogP contribution in [0.25, 0.3) is 6.08 Å². The number of allylic oxidation sites excluding steroid dienone is 4. The second-order valence-electron chi connectivity index (χ2n) is 15.2. The number of carbonyl (C=O) groups excluding carboxylic acids is 2. The summed E-state index contributed by atoms with van der Waals surface area (Å²) < 4.78 is 20.3. The Bertz CT molecular complexity index is 1580. The number of fused-ring (bicyclic) bond motifs is 2. The van der Waals surface area contributed by atoms with Crippen molar-refractivity contribution in [1.82, 2.24) is 0 Å². The molecule has 48 heavy (non-hydrogen) atoms. The smallest absolute Gasteiger partial charge is 0.330 e. The van der Waals surface area contributed by atoms with E-state index in [0.29, 0.717) is 41.9 Å². The highest BCUT2D eigenvalue weighted by Crippen LogP contribution is 2.53. The van der Waals surface area contributed by atoms with Gasteiger partial charge in [0.05, 0.1) is 17.1 Å². The van der Waals surface area contributed by atoms with Crippen LogP contribution in [0.4, 0.5) is 0 Å². The lowest BCUT2D eigenvalue weighted by Crippen LogP contribution is -2.53. The standard InChI is InChI=1S/C40H54O8/c1-11-26-32(42)31-33(43)27-19-21-39(9,20-12-13-23(2)3)47-34(27)28(15-14-24(4)5)36(31)46-35(26)29-16-17-30(41)40(10,48-38(29,7)8)22-18-25(6)37(44)45/h13-14,18-19,21,26,29,35,43H,11-12,15-17,20,22H2,1-10H3,(H,44,45). The number of aromatic hydroxyl groups is 1. The van der Waals surface area contributed by atoms with Crippen LogP contribution in [-0.2, 0) is 20.7 Å². The highest BCUT2D eigenvalue weighted by Gasteiger charge is 2.53. The molecule has 0 amide bonds. The number of Topliss-reactive ketones (excluding diaryl/α,β-unsaturated/α-hetero) is 2. The summed E-state index contributed by atoms with van der Waals surface area (Å²) in [4.78, 5) is 39.5. The number of phenolic OH excluding ortho intramolecular Hbond substituents is 1. The molecule has 4 rings (SSSR count). The molecular formula is C40H54O8. The van der Waals surface area contributed by atoms with E-state index < -0.39 is 34.8 Å². The molecule has 1 aromatic carbocycles. The number of hydrogen-bond donors (Lipinski definition) is 2. The minimum absolute atomic E-state index is 0.119. The maximum absolute atomic E-state index is 14.5. The van der Waals surface area contributed by atoms with Crippen molar-refractivity contribution in [2.75, 3.05) is 0 Å². The third-order valence-electron chi connectivity index (χ3n) is 10.2. The Kier molecular flexibility index (Phi) is 10.9. The Balaban J connectivity index is 1.82. The summed E-state index contributed by atoms with van der Waals surface area (Å²) in [6, 6.07) is 0. The lowest BCUT2D eigenvalue weighted by atomic mass is 9.73. The minimum atomic E-state index is -1.24. The SMILES string of the molecule is CCC1C(=O)c2c(O)c3c(c(CC=C(C)C)c2OC1C1CCC(=O)C(C)(CC=C(C)C(=O)O)OC1(C)C)OC(C)(CCC=C(C)C)C=C3. The van der Waals surface area contributed by atoms with Gasteiger partial charge in [-0.1, -0.05) is 36.3 Å². The molecule has 0 radical (unpaired) electrons. The van der Waals surface area contributed by atoms with Gasteiger partial charge in [0.2, 0.25) is 0 Å². The summed E-state index contributed by atoms with van der Waals surface area (Å²) in [5.41, 5.74) is 1.07. The number of rotatable bonds is 10. The molecule has 3 aliphatic rings. The summed E-state index contributed by atoms with van der Waals surface area (Å²) in [6.45, 7) is 19.2. The summed E-state index contributed by atoms with van der Waals surface area (Å²) in [6.07, 6.45) is 12.2. The van der Waals surface area contributed by atoms with Crippen molar-refractivity contribution in [2.45, 2.75) is 137 Å². The van der Waals surface area contributed by atoms with Crippen molar-refractivity contribution in [3.05, 3.63) is 57.7 Å². The fraction of sp³-hybridized carbons (Fsp3) is 0.575. The van der Waals surface area contributed by atoms with E-state index in [0.717, 1.165) is 18.4 Å². The van der Waals surface area contributed by atoms with Crippen LogP contribution in [0, 0.1) is 11.8 Å². The van der Waals surface area contributed by atoms with E-state index in [2.05, 4.69) is 26.0 Å². The highest BCUT2D eigenvalue weighted by atomic mass is 16.5. The summed E-state index contributed by atoms with van der Waals surface area (Å²) >= 11 is 0. The van der Waals surface area contributed by atoms with Gasteiger partial charge in [0.25, 0.3) is 0 Å². The van der Waals surface area contributed by atoms with Crippen LogP contribution in [0.15, 0.2) is 41.0 Å². The zero-order valence-electron chi connectivity index (χ0n) is 30.4. The topological polar surface area (TPSA) is 119 Å². The van der Waals surface area contributed by atoms with Gasteiger partial charge in [0.1, 0.15) is 40.1 Å².